The van der Waals surface area contributed by atoms with Crippen LogP contribution >= 0.6 is 0 Å². The van der Waals surface area contributed by atoms with Crippen molar-refractivity contribution in [2.24, 2.45) is 5.92 Å². The quantitative estimate of drug-likeness (QED) is 0.453. The summed E-state index contributed by atoms with van der Waals surface area (Å²) < 4.78 is 7.90. The highest BCUT2D eigenvalue weighted by atomic mass is 16.5. The predicted octanol–water partition coefficient (Wildman–Crippen LogP) is 5.45. The molecule has 0 fully saturated rings. The summed E-state index contributed by atoms with van der Waals surface area (Å²) in [5.41, 5.74) is 7.61. The van der Waals surface area contributed by atoms with E-state index in [-0.39, 0.29) is 5.41 Å². The fourth-order valence-electron chi connectivity index (χ4n) is 5.66. The lowest BCUT2D eigenvalue weighted by molar-refractivity contribution is 0.206. The minimum absolute atomic E-state index is 0.0409. The van der Waals surface area contributed by atoms with Gasteiger partial charge in [0.25, 0.3) is 0 Å². The fourth-order valence-corrected chi connectivity index (χ4v) is 5.66. The highest BCUT2D eigenvalue weighted by Crippen LogP contribution is 2.49. The van der Waals surface area contributed by atoms with Crippen molar-refractivity contribution in [2.45, 2.75) is 44.9 Å². The third-order valence-corrected chi connectivity index (χ3v) is 7.24. The maximum absolute atomic E-state index is 5.52. The first-order valence-electron chi connectivity index (χ1n) is 10.8. The zero-order valence-corrected chi connectivity index (χ0v) is 17.4. The molecule has 0 radical (unpaired) electrons. The van der Waals surface area contributed by atoms with Crippen LogP contribution in [0.1, 0.15) is 41.9 Å². The Balaban J connectivity index is 1.46. The van der Waals surface area contributed by atoms with Gasteiger partial charge in [0.05, 0.1) is 11.9 Å². The number of aryl methyl sites for hydroxylation is 1. The van der Waals surface area contributed by atoms with E-state index < -0.39 is 0 Å². The van der Waals surface area contributed by atoms with Gasteiger partial charge in [0.1, 0.15) is 11.6 Å². The van der Waals surface area contributed by atoms with Crippen LogP contribution in [0, 0.1) is 12.8 Å². The molecule has 0 saturated carbocycles. The van der Waals surface area contributed by atoms with Crippen LogP contribution in [0.3, 0.4) is 0 Å². The Morgan fingerprint density at radius 2 is 1.90 bits per heavy atom. The van der Waals surface area contributed by atoms with Crippen LogP contribution in [0.4, 0.5) is 0 Å². The van der Waals surface area contributed by atoms with Gasteiger partial charge < -0.3 is 9.09 Å². The minimum Gasteiger partial charge on any atom is -0.361 e. The Kier molecular flexibility index (Phi) is 3.79. The summed E-state index contributed by atoms with van der Waals surface area (Å²) in [6.07, 6.45) is 6.05. The Morgan fingerprint density at radius 3 is 2.77 bits per heavy atom. The highest BCUT2D eigenvalue weighted by Gasteiger charge is 2.47. The first kappa shape index (κ1) is 17.7. The molecule has 2 aliphatic carbocycles. The first-order valence-corrected chi connectivity index (χ1v) is 10.8. The number of rotatable bonds is 2. The molecule has 0 saturated heterocycles. The van der Waals surface area contributed by atoms with Gasteiger partial charge in [-0.15, -0.1) is 0 Å². The largest absolute Gasteiger partial charge is 0.361 e. The number of nitrogens with zero attached hydrogens (tertiary/aromatic N) is 3. The van der Waals surface area contributed by atoms with E-state index >= 15 is 0 Å². The van der Waals surface area contributed by atoms with Crippen LogP contribution in [-0.4, -0.2) is 14.7 Å². The molecule has 6 rings (SSSR count). The molecule has 2 aromatic heterocycles. The van der Waals surface area contributed by atoms with E-state index in [0.29, 0.717) is 5.92 Å². The van der Waals surface area contributed by atoms with Gasteiger partial charge in [-0.05, 0) is 55.4 Å². The number of hydrogen-bond acceptors (Lipinski definition) is 3. The van der Waals surface area contributed by atoms with Crippen molar-refractivity contribution in [3.8, 4) is 16.8 Å². The number of benzene rings is 2. The number of imidazole rings is 1. The van der Waals surface area contributed by atoms with Crippen LogP contribution in [0.5, 0.6) is 0 Å². The van der Waals surface area contributed by atoms with Crippen molar-refractivity contribution in [2.75, 3.05) is 0 Å². The Labute approximate surface area is 176 Å². The second-order valence-corrected chi connectivity index (χ2v) is 9.01. The normalized spacial score (nSPS) is 22.3. The molecule has 2 heterocycles. The average molecular weight is 396 g/mol. The maximum atomic E-state index is 5.52. The summed E-state index contributed by atoms with van der Waals surface area (Å²) >= 11 is 0. The van der Waals surface area contributed by atoms with Gasteiger partial charge >= 0.3 is 0 Å². The van der Waals surface area contributed by atoms with Crippen LogP contribution in [0.15, 0.2) is 65.3 Å². The van der Waals surface area contributed by atoms with Crippen LogP contribution in [0.25, 0.3) is 16.8 Å². The minimum atomic E-state index is 0.0409. The molecule has 0 amide bonds. The van der Waals surface area contributed by atoms with Crippen molar-refractivity contribution in [1.82, 2.24) is 14.7 Å². The van der Waals surface area contributed by atoms with Gasteiger partial charge in [0, 0.05) is 28.8 Å². The molecule has 2 aliphatic rings. The zero-order valence-electron chi connectivity index (χ0n) is 17.4. The van der Waals surface area contributed by atoms with Crippen molar-refractivity contribution in [1.29, 1.82) is 0 Å². The number of hydrogen-bond donors (Lipinski definition) is 0. The summed E-state index contributed by atoms with van der Waals surface area (Å²) in [4.78, 5) is 5.16. The van der Waals surface area contributed by atoms with E-state index in [1.165, 1.54) is 33.8 Å². The lowest BCUT2D eigenvalue weighted by atomic mass is 9.61. The molecule has 0 bridgehead atoms. The Morgan fingerprint density at radius 1 is 1.07 bits per heavy atom. The molecule has 1 unspecified atom stereocenters. The van der Waals surface area contributed by atoms with Gasteiger partial charge in [-0.3, -0.25) is 0 Å². The highest BCUT2D eigenvalue weighted by molar-refractivity contribution is 5.66. The summed E-state index contributed by atoms with van der Waals surface area (Å²) in [7, 11) is 0. The average Bonchev–Trinajstić information content (AvgIpc) is 3.36. The topological polar surface area (TPSA) is 43.9 Å². The second-order valence-electron chi connectivity index (χ2n) is 9.01. The van der Waals surface area contributed by atoms with Crippen molar-refractivity contribution in [3.05, 3.63) is 89.3 Å². The van der Waals surface area contributed by atoms with E-state index in [2.05, 4.69) is 78.2 Å². The SMILES string of the molecule is Cc1nc2c(n1-c1cccc(-c3ccccc3)c1)CCC1Cc3oncc3C[C@]21C. The molecule has 30 heavy (non-hydrogen) atoms. The third kappa shape index (κ3) is 2.53. The van der Waals surface area contributed by atoms with Crippen LogP contribution in [-0.2, 0) is 24.7 Å². The molecule has 2 atom stereocenters. The molecular formula is C26H25N3O. The van der Waals surface area contributed by atoms with Gasteiger partial charge in [-0.1, -0.05) is 54.5 Å². The second kappa shape index (κ2) is 6.43. The molecule has 0 spiro atoms. The molecule has 4 nitrogen and oxygen atoms in total. The van der Waals surface area contributed by atoms with Crippen molar-refractivity contribution < 1.29 is 4.52 Å². The van der Waals surface area contributed by atoms with E-state index in [4.69, 9.17) is 9.51 Å². The van der Waals surface area contributed by atoms with Gasteiger partial charge in [-0.25, -0.2) is 4.98 Å². The lowest BCUT2D eigenvalue weighted by Gasteiger charge is -2.43. The summed E-state index contributed by atoms with van der Waals surface area (Å²) in [5, 5.41) is 4.06. The van der Waals surface area contributed by atoms with Crippen molar-refractivity contribution >= 4 is 0 Å². The Bertz CT molecular complexity index is 1240. The molecule has 0 aliphatic heterocycles. The first-order chi connectivity index (χ1) is 14.6. The van der Waals surface area contributed by atoms with Gasteiger partial charge in [0.2, 0.25) is 0 Å². The van der Waals surface area contributed by atoms with E-state index in [0.717, 1.165) is 37.3 Å². The Hall–Kier alpha value is -3.14. The lowest BCUT2D eigenvalue weighted by Crippen LogP contribution is -2.43. The standard InChI is InChI=1S/C26H25N3O/c1-17-28-25-23(12-11-21-14-24-20(16-27-30-24)15-26(21,25)2)29(17)22-10-6-9-19(13-22)18-7-4-3-5-8-18/h3-10,13,16,21H,11-12,14-15H2,1-2H3/t21?,26-/m0/s1. The van der Waals surface area contributed by atoms with E-state index in [9.17, 15) is 0 Å². The van der Waals surface area contributed by atoms with Gasteiger partial charge in [-0.2, -0.15) is 0 Å². The fraction of sp³-hybridized carbons (Fsp3) is 0.308. The maximum Gasteiger partial charge on any atom is 0.140 e. The van der Waals surface area contributed by atoms with Crippen molar-refractivity contribution in [3.63, 3.8) is 0 Å². The predicted molar refractivity (Wildman–Crippen MR) is 117 cm³/mol. The molecular weight excluding hydrogens is 370 g/mol. The van der Waals surface area contributed by atoms with E-state index in [1.54, 1.807) is 0 Å². The van der Waals surface area contributed by atoms with Crippen LogP contribution in [0.2, 0.25) is 0 Å². The summed E-state index contributed by atoms with van der Waals surface area (Å²) in [6.45, 7) is 4.53. The van der Waals surface area contributed by atoms with Gasteiger partial charge in [0.15, 0.2) is 0 Å². The summed E-state index contributed by atoms with van der Waals surface area (Å²) in [6, 6.07) is 19.4. The molecule has 4 heteroatoms. The summed E-state index contributed by atoms with van der Waals surface area (Å²) in [5.74, 6) is 2.71. The number of aromatic nitrogens is 3. The molecule has 0 N–H and O–H groups in total. The molecule has 150 valence electrons. The number of fused-ring (bicyclic) bond motifs is 4. The van der Waals surface area contributed by atoms with Crippen LogP contribution < -0.4 is 0 Å². The molecule has 2 aromatic carbocycles. The monoisotopic (exact) mass is 395 g/mol. The third-order valence-electron chi connectivity index (χ3n) is 7.24. The zero-order chi connectivity index (χ0) is 20.3. The smallest absolute Gasteiger partial charge is 0.140 e. The molecule has 4 aromatic rings. The van der Waals surface area contributed by atoms with E-state index in [1.807, 2.05) is 6.20 Å².